The summed E-state index contributed by atoms with van der Waals surface area (Å²) >= 11 is 0. The van der Waals surface area contributed by atoms with Gasteiger partial charge in [-0.2, -0.15) is 0 Å². The van der Waals surface area contributed by atoms with Crippen molar-refractivity contribution in [2.24, 2.45) is 11.8 Å². The first-order valence-corrected chi connectivity index (χ1v) is 8.92. The third kappa shape index (κ3) is 2.50. The Morgan fingerprint density at radius 1 is 1.24 bits per heavy atom. The number of carbonyl (C=O) groups is 1. The van der Waals surface area contributed by atoms with Gasteiger partial charge in [0.2, 0.25) is 0 Å². The van der Waals surface area contributed by atoms with Crippen molar-refractivity contribution in [3.8, 4) is 0 Å². The first-order valence-electron chi connectivity index (χ1n) is 8.92. The number of aliphatic carboxylic acids is 1. The minimum absolute atomic E-state index is 0.328. The molecule has 0 radical (unpaired) electrons. The fraction of sp³-hybridized carbons (Fsp3) is 0.941. The maximum atomic E-state index is 11.9. The molecule has 4 unspecified atom stereocenters. The summed E-state index contributed by atoms with van der Waals surface area (Å²) in [7, 11) is 0. The summed E-state index contributed by atoms with van der Waals surface area (Å²) in [6, 6.07) is 1.29. The van der Waals surface area contributed by atoms with E-state index in [2.05, 4.69) is 10.2 Å². The summed E-state index contributed by atoms with van der Waals surface area (Å²) in [4.78, 5) is 14.6. The second-order valence-corrected chi connectivity index (χ2v) is 7.90. The van der Waals surface area contributed by atoms with Crippen molar-refractivity contribution in [1.82, 2.24) is 10.2 Å². The lowest BCUT2D eigenvalue weighted by atomic mass is 9.84. The second kappa shape index (κ2) is 5.24. The number of fused-ring (bicyclic) bond motifs is 2. The molecule has 3 aliphatic carbocycles. The highest BCUT2D eigenvalue weighted by atomic mass is 16.4. The van der Waals surface area contributed by atoms with Crippen LogP contribution in [-0.4, -0.2) is 46.7 Å². The number of nitrogens with one attached hydrogen (secondary N) is 1. The molecule has 0 aromatic carbocycles. The summed E-state index contributed by atoms with van der Waals surface area (Å²) < 4.78 is 0. The molecule has 4 nitrogen and oxygen atoms in total. The van der Waals surface area contributed by atoms with E-state index < -0.39 is 11.5 Å². The van der Waals surface area contributed by atoms with Gasteiger partial charge in [-0.25, -0.2) is 0 Å². The third-order valence-electron chi connectivity index (χ3n) is 6.53. The van der Waals surface area contributed by atoms with E-state index in [0.29, 0.717) is 12.0 Å². The molecule has 4 heteroatoms. The van der Waals surface area contributed by atoms with Crippen LogP contribution in [0.2, 0.25) is 0 Å². The minimum Gasteiger partial charge on any atom is -0.480 e. The molecule has 1 aliphatic heterocycles. The molecule has 4 rings (SSSR count). The van der Waals surface area contributed by atoms with Crippen molar-refractivity contribution in [3.05, 3.63) is 0 Å². The van der Waals surface area contributed by atoms with Gasteiger partial charge in [0, 0.05) is 18.6 Å². The van der Waals surface area contributed by atoms with Gasteiger partial charge in [0.05, 0.1) is 0 Å². The average molecular weight is 292 g/mol. The number of likely N-dealkylation sites (tertiary alicyclic amines) is 1. The number of nitrogens with zero attached hydrogens (tertiary/aromatic N) is 1. The van der Waals surface area contributed by atoms with Crippen LogP contribution < -0.4 is 5.32 Å². The first-order chi connectivity index (χ1) is 10.2. The van der Waals surface area contributed by atoms with Crippen LogP contribution in [0.1, 0.15) is 57.8 Å². The van der Waals surface area contributed by atoms with Gasteiger partial charge in [0.25, 0.3) is 0 Å². The van der Waals surface area contributed by atoms with Gasteiger partial charge in [-0.1, -0.05) is 6.42 Å². The Kier molecular flexibility index (Phi) is 3.49. The van der Waals surface area contributed by atoms with Crippen LogP contribution in [0, 0.1) is 11.8 Å². The fourth-order valence-corrected chi connectivity index (χ4v) is 5.22. The van der Waals surface area contributed by atoms with Crippen molar-refractivity contribution in [3.63, 3.8) is 0 Å². The SMILES string of the molecule is O=C(O)C1(NC2CC2)CCCC1CCN1CC2CCC1C2. The van der Waals surface area contributed by atoms with E-state index in [4.69, 9.17) is 0 Å². The molecular formula is C17H28N2O2. The van der Waals surface area contributed by atoms with Crippen LogP contribution >= 0.6 is 0 Å². The van der Waals surface area contributed by atoms with Crippen LogP contribution in [0.3, 0.4) is 0 Å². The van der Waals surface area contributed by atoms with E-state index >= 15 is 0 Å². The van der Waals surface area contributed by atoms with Crippen molar-refractivity contribution >= 4 is 5.97 Å². The molecule has 0 spiro atoms. The Morgan fingerprint density at radius 3 is 2.71 bits per heavy atom. The first kappa shape index (κ1) is 14.0. The smallest absolute Gasteiger partial charge is 0.324 e. The van der Waals surface area contributed by atoms with Crippen LogP contribution in [-0.2, 0) is 4.79 Å². The second-order valence-electron chi connectivity index (χ2n) is 7.90. The molecule has 2 bridgehead atoms. The van der Waals surface area contributed by atoms with Crippen LogP contribution in [0.15, 0.2) is 0 Å². The van der Waals surface area contributed by atoms with Gasteiger partial charge >= 0.3 is 5.97 Å². The fourth-order valence-electron chi connectivity index (χ4n) is 5.22. The Bertz CT molecular complexity index is 423. The molecule has 1 heterocycles. The number of carboxylic acids is 1. The summed E-state index contributed by atoms with van der Waals surface area (Å²) in [5, 5.41) is 13.3. The molecule has 21 heavy (non-hydrogen) atoms. The molecular weight excluding hydrogens is 264 g/mol. The Labute approximate surface area is 127 Å². The zero-order valence-electron chi connectivity index (χ0n) is 12.9. The average Bonchev–Trinajstić information content (AvgIpc) is 2.89. The maximum absolute atomic E-state index is 11.9. The molecule has 0 amide bonds. The third-order valence-corrected chi connectivity index (χ3v) is 6.53. The van der Waals surface area contributed by atoms with Crippen LogP contribution in [0.4, 0.5) is 0 Å². The monoisotopic (exact) mass is 292 g/mol. The zero-order valence-corrected chi connectivity index (χ0v) is 12.9. The van der Waals surface area contributed by atoms with Crippen LogP contribution in [0.25, 0.3) is 0 Å². The van der Waals surface area contributed by atoms with Crippen molar-refractivity contribution in [2.75, 3.05) is 13.1 Å². The van der Waals surface area contributed by atoms with Crippen LogP contribution in [0.5, 0.6) is 0 Å². The Morgan fingerprint density at radius 2 is 2.10 bits per heavy atom. The predicted molar refractivity (Wildman–Crippen MR) is 81.2 cm³/mol. The number of hydrogen-bond donors (Lipinski definition) is 2. The molecule has 0 aromatic heterocycles. The zero-order chi connectivity index (χ0) is 14.4. The van der Waals surface area contributed by atoms with E-state index in [9.17, 15) is 9.90 Å². The van der Waals surface area contributed by atoms with Gasteiger partial charge in [0.1, 0.15) is 5.54 Å². The molecule has 1 saturated heterocycles. The number of carboxylic acid groups (broad SMARTS) is 1. The lowest BCUT2D eigenvalue weighted by Gasteiger charge is -2.35. The van der Waals surface area contributed by atoms with E-state index in [1.807, 2.05) is 0 Å². The van der Waals surface area contributed by atoms with E-state index in [1.165, 1.54) is 25.8 Å². The molecule has 4 aliphatic rings. The highest BCUT2D eigenvalue weighted by Gasteiger charge is 2.51. The van der Waals surface area contributed by atoms with E-state index in [1.54, 1.807) is 0 Å². The van der Waals surface area contributed by atoms with Gasteiger partial charge in [0.15, 0.2) is 0 Å². The van der Waals surface area contributed by atoms with Crippen molar-refractivity contribution in [2.45, 2.75) is 75.4 Å². The predicted octanol–water partition coefficient (Wildman–Crippen LogP) is 2.24. The molecule has 0 aromatic rings. The van der Waals surface area contributed by atoms with Gasteiger partial charge in [-0.3, -0.25) is 10.1 Å². The summed E-state index contributed by atoms with van der Waals surface area (Å²) in [6.07, 6.45) is 10.6. The lowest BCUT2D eigenvalue weighted by molar-refractivity contribution is -0.147. The normalized spacial score (nSPS) is 42.8. The lowest BCUT2D eigenvalue weighted by Crippen LogP contribution is -2.56. The van der Waals surface area contributed by atoms with E-state index in [0.717, 1.165) is 57.0 Å². The van der Waals surface area contributed by atoms with E-state index in [-0.39, 0.29) is 0 Å². The standard InChI is InChI=1S/C17H28N2O2/c20-16(21)17(18-14-4-5-14)8-1-2-13(17)7-9-19-11-12-3-6-15(19)10-12/h12-15,18H,1-11H2,(H,20,21). The molecule has 4 fully saturated rings. The van der Waals surface area contributed by atoms with Crippen molar-refractivity contribution in [1.29, 1.82) is 0 Å². The van der Waals surface area contributed by atoms with Gasteiger partial charge in [-0.15, -0.1) is 0 Å². The number of piperidine rings is 1. The molecule has 4 atom stereocenters. The summed E-state index contributed by atoms with van der Waals surface area (Å²) in [6.45, 7) is 2.39. The summed E-state index contributed by atoms with van der Waals surface area (Å²) in [5.74, 6) is 0.668. The summed E-state index contributed by atoms with van der Waals surface area (Å²) in [5.41, 5.74) is -0.611. The van der Waals surface area contributed by atoms with Gasteiger partial charge in [-0.05, 0) is 69.7 Å². The molecule has 2 N–H and O–H groups in total. The van der Waals surface area contributed by atoms with Gasteiger partial charge < -0.3 is 10.0 Å². The molecule has 3 saturated carbocycles. The quantitative estimate of drug-likeness (QED) is 0.788. The minimum atomic E-state index is -0.611. The highest BCUT2D eigenvalue weighted by molar-refractivity contribution is 5.80. The number of hydrogen-bond acceptors (Lipinski definition) is 3. The Hall–Kier alpha value is -0.610. The Balaban J connectivity index is 1.39. The largest absolute Gasteiger partial charge is 0.480 e. The highest BCUT2D eigenvalue weighted by Crippen LogP contribution is 2.42. The molecule has 118 valence electrons. The number of rotatable bonds is 6. The maximum Gasteiger partial charge on any atom is 0.324 e. The topological polar surface area (TPSA) is 52.6 Å². The van der Waals surface area contributed by atoms with Crippen molar-refractivity contribution < 1.29 is 9.90 Å².